The van der Waals surface area contributed by atoms with Crippen LogP contribution in [0.1, 0.15) is 61.8 Å². The molecule has 5 aromatic rings. The molecule has 0 aliphatic carbocycles. The average molecular weight is 462 g/mol. The molecule has 0 aliphatic heterocycles. The first-order chi connectivity index (χ1) is 16.9. The molecule has 0 saturated heterocycles. The van der Waals surface area contributed by atoms with Gasteiger partial charge in [0, 0.05) is 12.0 Å². The summed E-state index contributed by atoms with van der Waals surface area (Å²) in [4.78, 5) is 0. The number of H-pyrrole nitrogens is 1. The van der Waals surface area contributed by atoms with Gasteiger partial charge in [-0.2, -0.15) is 15.4 Å². The van der Waals surface area contributed by atoms with Crippen molar-refractivity contribution in [2.24, 2.45) is 0 Å². The van der Waals surface area contributed by atoms with Gasteiger partial charge in [0.2, 0.25) is 0 Å². The summed E-state index contributed by atoms with van der Waals surface area (Å²) < 4.78 is 0. The maximum atomic E-state index is 11.2. The Hall–Kier alpha value is -3.92. The second-order valence-electron chi connectivity index (χ2n) is 9.80. The molecule has 4 nitrogen and oxygen atoms in total. The molecule has 35 heavy (non-hydrogen) atoms. The molecule has 0 saturated carbocycles. The molecule has 0 unspecified atom stereocenters. The summed E-state index contributed by atoms with van der Waals surface area (Å²) in [6, 6.07) is 27.4. The Kier molecular flexibility index (Phi) is 6.12. The Bertz CT molecular complexity index is 1500. The lowest BCUT2D eigenvalue weighted by Gasteiger charge is -2.19. The first-order valence-electron chi connectivity index (χ1n) is 12.3. The van der Waals surface area contributed by atoms with Crippen molar-refractivity contribution >= 4 is 11.0 Å². The van der Waals surface area contributed by atoms with Gasteiger partial charge in [-0.1, -0.05) is 100 Å². The quantitative estimate of drug-likeness (QED) is 0.271. The Morgan fingerprint density at radius 3 is 2.06 bits per heavy atom. The van der Waals surface area contributed by atoms with Gasteiger partial charge in [0.15, 0.2) is 0 Å². The van der Waals surface area contributed by atoms with E-state index in [9.17, 15) is 5.11 Å². The Labute approximate surface area is 206 Å². The minimum Gasteiger partial charge on any atom is -0.507 e. The summed E-state index contributed by atoms with van der Waals surface area (Å²) in [6.45, 7) is 8.68. The molecule has 0 amide bonds. The van der Waals surface area contributed by atoms with E-state index >= 15 is 0 Å². The van der Waals surface area contributed by atoms with E-state index in [1.807, 2.05) is 12.1 Å². The molecule has 0 aliphatic rings. The molecule has 2 N–H and O–H groups in total. The second kappa shape index (κ2) is 9.38. The predicted molar refractivity (Wildman–Crippen MR) is 144 cm³/mol. The number of hydrogen-bond acceptors (Lipinski definition) is 3. The number of aromatic nitrogens is 3. The van der Waals surface area contributed by atoms with Crippen LogP contribution in [-0.4, -0.2) is 20.5 Å². The highest BCUT2D eigenvalue weighted by molar-refractivity contribution is 5.97. The molecule has 1 aromatic heterocycles. The Morgan fingerprint density at radius 1 is 0.686 bits per heavy atom. The van der Waals surface area contributed by atoms with Crippen LogP contribution in [0.25, 0.3) is 33.3 Å². The maximum Gasteiger partial charge on any atom is 0.122 e. The van der Waals surface area contributed by atoms with Crippen LogP contribution in [-0.2, 0) is 6.42 Å². The summed E-state index contributed by atoms with van der Waals surface area (Å²) >= 11 is 0. The number of fused-ring (bicyclic) bond motifs is 1. The third kappa shape index (κ3) is 4.32. The van der Waals surface area contributed by atoms with Gasteiger partial charge in [0.1, 0.15) is 16.8 Å². The van der Waals surface area contributed by atoms with Gasteiger partial charge in [-0.3, -0.25) is 0 Å². The van der Waals surface area contributed by atoms with Gasteiger partial charge in [-0.25, -0.2) is 0 Å². The van der Waals surface area contributed by atoms with Crippen molar-refractivity contribution in [2.75, 3.05) is 0 Å². The zero-order valence-corrected chi connectivity index (χ0v) is 20.7. The molecule has 176 valence electrons. The van der Waals surface area contributed by atoms with Gasteiger partial charge < -0.3 is 5.11 Å². The number of benzene rings is 4. The lowest BCUT2D eigenvalue weighted by Crippen LogP contribution is -2.00. The molecular weight excluding hydrogens is 430 g/mol. The van der Waals surface area contributed by atoms with Gasteiger partial charge in [-0.15, -0.1) is 0 Å². The lowest BCUT2D eigenvalue weighted by molar-refractivity contribution is 0.458. The van der Waals surface area contributed by atoms with Crippen molar-refractivity contribution in [3.05, 3.63) is 101 Å². The smallest absolute Gasteiger partial charge is 0.122 e. The maximum absolute atomic E-state index is 11.2. The number of rotatable bonds is 6. The predicted octanol–water partition coefficient (Wildman–Crippen LogP) is 7.84. The van der Waals surface area contributed by atoms with Crippen LogP contribution in [0.15, 0.2) is 78.9 Å². The fraction of sp³-hybridized carbons (Fsp3) is 0.226. The first kappa shape index (κ1) is 22.9. The van der Waals surface area contributed by atoms with Gasteiger partial charge in [0.05, 0.1) is 0 Å². The average Bonchev–Trinajstić information content (AvgIpc) is 3.34. The SMILES string of the molecule is CC(C)c1cc(Cc2ccccc2-c2ccccc2-c2cccc3n[nH]nc23)c(O)c(C(C)C)c1. The molecule has 1 heterocycles. The fourth-order valence-corrected chi connectivity index (χ4v) is 4.83. The second-order valence-corrected chi connectivity index (χ2v) is 9.80. The molecule has 0 radical (unpaired) electrons. The van der Waals surface area contributed by atoms with Gasteiger partial charge in [0.25, 0.3) is 0 Å². The summed E-state index contributed by atoms with van der Waals surface area (Å²) in [6.07, 6.45) is 0.658. The molecule has 0 spiro atoms. The van der Waals surface area contributed by atoms with Crippen LogP contribution in [0.5, 0.6) is 5.75 Å². The minimum absolute atomic E-state index is 0.256. The van der Waals surface area contributed by atoms with Crippen molar-refractivity contribution in [1.29, 1.82) is 0 Å². The fourth-order valence-electron chi connectivity index (χ4n) is 4.83. The highest BCUT2D eigenvalue weighted by Gasteiger charge is 2.18. The van der Waals surface area contributed by atoms with Crippen LogP contribution < -0.4 is 0 Å². The number of aromatic hydroxyl groups is 1. The monoisotopic (exact) mass is 461 g/mol. The van der Waals surface area contributed by atoms with Crippen LogP contribution in [0.4, 0.5) is 0 Å². The summed E-state index contributed by atoms with van der Waals surface area (Å²) in [7, 11) is 0. The summed E-state index contributed by atoms with van der Waals surface area (Å²) in [5, 5.41) is 22.6. The summed E-state index contributed by atoms with van der Waals surface area (Å²) in [5.41, 5.74) is 10.6. The number of nitrogens with zero attached hydrogens (tertiary/aromatic N) is 2. The van der Waals surface area contributed by atoms with Crippen LogP contribution >= 0.6 is 0 Å². The van der Waals surface area contributed by atoms with E-state index in [4.69, 9.17) is 0 Å². The molecule has 4 aromatic carbocycles. The van der Waals surface area contributed by atoms with E-state index in [1.165, 1.54) is 11.1 Å². The first-order valence-corrected chi connectivity index (χ1v) is 12.3. The molecule has 5 rings (SSSR count). The number of hydrogen-bond donors (Lipinski definition) is 2. The molecular formula is C31H31N3O. The van der Waals surface area contributed by atoms with E-state index in [0.717, 1.165) is 44.4 Å². The van der Waals surface area contributed by atoms with E-state index < -0.39 is 0 Å². The zero-order chi connectivity index (χ0) is 24.5. The number of aromatic amines is 1. The number of phenols is 1. The van der Waals surface area contributed by atoms with Crippen molar-refractivity contribution in [3.63, 3.8) is 0 Å². The molecule has 0 fully saturated rings. The zero-order valence-electron chi connectivity index (χ0n) is 20.7. The van der Waals surface area contributed by atoms with Gasteiger partial charge >= 0.3 is 0 Å². The Balaban J connectivity index is 1.65. The molecule has 4 heteroatoms. The third-order valence-corrected chi connectivity index (χ3v) is 6.78. The van der Waals surface area contributed by atoms with Crippen LogP contribution in [0, 0.1) is 0 Å². The topological polar surface area (TPSA) is 61.8 Å². The highest BCUT2D eigenvalue weighted by atomic mass is 16.3. The Morgan fingerprint density at radius 2 is 1.34 bits per heavy atom. The van der Waals surface area contributed by atoms with E-state index in [2.05, 4.69) is 110 Å². The van der Waals surface area contributed by atoms with Crippen LogP contribution in [0.2, 0.25) is 0 Å². The van der Waals surface area contributed by atoms with Gasteiger partial charge in [-0.05, 0) is 56.8 Å². The van der Waals surface area contributed by atoms with Crippen molar-refractivity contribution in [3.8, 4) is 28.0 Å². The van der Waals surface area contributed by atoms with Crippen LogP contribution in [0.3, 0.4) is 0 Å². The number of phenolic OH excluding ortho intramolecular Hbond substituents is 1. The van der Waals surface area contributed by atoms with Crippen molar-refractivity contribution < 1.29 is 5.11 Å². The van der Waals surface area contributed by atoms with E-state index in [-0.39, 0.29) is 5.92 Å². The number of para-hydroxylation sites is 1. The van der Waals surface area contributed by atoms with E-state index in [1.54, 1.807) is 0 Å². The third-order valence-electron chi connectivity index (χ3n) is 6.78. The lowest BCUT2D eigenvalue weighted by atomic mass is 9.86. The van der Waals surface area contributed by atoms with Crippen molar-refractivity contribution in [2.45, 2.75) is 46.0 Å². The number of nitrogens with one attached hydrogen (secondary N) is 1. The molecule has 0 atom stereocenters. The molecule has 0 bridgehead atoms. The highest BCUT2D eigenvalue weighted by Crippen LogP contribution is 2.39. The van der Waals surface area contributed by atoms with E-state index in [0.29, 0.717) is 18.1 Å². The summed E-state index contributed by atoms with van der Waals surface area (Å²) in [5.74, 6) is 1.07. The standard InChI is InChI=1S/C31H31N3O/c1-19(2)22-17-23(31(35)28(18-22)20(3)4)16-21-10-5-6-11-24(21)25-12-7-8-13-26(25)27-14-9-15-29-30(27)33-34-32-29/h5-15,17-20,35H,16H2,1-4H3,(H,32,33,34). The largest absolute Gasteiger partial charge is 0.507 e. The van der Waals surface area contributed by atoms with Crippen molar-refractivity contribution in [1.82, 2.24) is 15.4 Å². The normalized spacial score (nSPS) is 11.6. The minimum atomic E-state index is 0.256.